The van der Waals surface area contributed by atoms with Crippen LogP contribution in [0.1, 0.15) is 43.2 Å². The summed E-state index contributed by atoms with van der Waals surface area (Å²) in [6, 6.07) is 7.93. The Kier molecular flexibility index (Phi) is 4.42. The van der Waals surface area contributed by atoms with E-state index in [1.54, 1.807) is 0 Å². The zero-order valence-electron chi connectivity index (χ0n) is 14.6. The van der Waals surface area contributed by atoms with Gasteiger partial charge < -0.3 is 14.3 Å². The van der Waals surface area contributed by atoms with Crippen molar-refractivity contribution in [2.24, 2.45) is 5.92 Å². The first-order valence-electron chi connectivity index (χ1n) is 9.12. The molecule has 2 aliphatic heterocycles. The van der Waals surface area contributed by atoms with Crippen molar-refractivity contribution in [1.29, 1.82) is 0 Å². The van der Waals surface area contributed by atoms with Gasteiger partial charge in [0.15, 0.2) is 5.76 Å². The van der Waals surface area contributed by atoms with Crippen molar-refractivity contribution >= 4 is 11.7 Å². The molecule has 6 nitrogen and oxygen atoms in total. The van der Waals surface area contributed by atoms with Crippen LogP contribution in [0, 0.1) is 12.8 Å². The van der Waals surface area contributed by atoms with Gasteiger partial charge in [0.05, 0.1) is 17.7 Å². The molecule has 4 rings (SSSR count). The molecule has 2 aromatic rings. The summed E-state index contributed by atoms with van der Waals surface area (Å²) in [7, 11) is 0. The van der Waals surface area contributed by atoms with Crippen molar-refractivity contribution in [3.05, 3.63) is 41.9 Å². The summed E-state index contributed by atoms with van der Waals surface area (Å²) >= 11 is 0. The second-order valence-corrected chi connectivity index (χ2v) is 7.03. The highest BCUT2D eigenvalue weighted by Gasteiger charge is 2.37. The van der Waals surface area contributed by atoms with Crippen LogP contribution in [0.2, 0.25) is 0 Å². The summed E-state index contributed by atoms with van der Waals surface area (Å²) in [5, 5.41) is 3.99. The Hall–Kier alpha value is -2.37. The fraction of sp³-hybridized carbons (Fsp3) is 0.526. The maximum atomic E-state index is 13.2. The summed E-state index contributed by atoms with van der Waals surface area (Å²) < 4.78 is 5.44. The third kappa shape index (κ3) is 3.25. The smallest absolute Gasteiger partial charge is 0.228 e. The van der Waals surface area contributed by atoms with Crippen LogP contribution in [0.15, 0.2) is 35.0 Å². The van der Waals surface area contributed by atoms with Crippen LogP contribution >= 0.6 is 0 Å². The largest absolute Gasteiger partial charge is 0.359 e. The highest BCUT2D eigenvalue weighted by atomic mass is 16.5. The molecule has 132 valence electrons. The van der Waals surface area contributed by atoms with E-state index in [1.165, 1.54) is 0 Å². The van der Waals surface area contributed by atoms with Gasteiger partial charge in [-0.3, -0.25) is 4.79 Å². The standard InChI is InChI=1S/C19H24N4O2/c1-14-12-17(25-21-14)16-7-5-11-23(16)19(24)15-6-4-10-22(13-15)18-8-2-3-9-20-18/h2-3,8-9,12,15-16H,4-7,10-11,13H2,1H3/t15-,16-/m0/s1. The summed E-state index contributed by atoms with van der Waals surface area (Å²) in [6.45, 7) is 4.43. The number of anilines is 1. The number of aryl methyl sites for hydroxylation is 1. The highest BCUT2D eigenvalue weighted by molar-refractivity contribution is 5.80. The average Bonchev–Trinajstić information content (AvgIpc) is 3.30. The second kappa shape index (κ2) is 6.86. The molecule has 2 aliphatic rings. The van der Waals surface area contributed by atoms with Crippen molar-refractivity contribution in [2.45, 2.75) is 38.6 Å². The number of hydrogen-bond acceptors (Lipinski definition) is 5. The third-order valence-corrected chi connectivity index (χ3v) is 5.25. The molecule has 0 spiro atoms. The van der Waals surface area contributed by atoms with E-state index in [0.29, 0.717) is 0 Å². The minimum absolute atomic E-state index is 0.0281. The number of hydrogen-bond donors (Lipinski definition) is 0. The van der Waals surface area contributed by atoms with Gasteiger partial charge in [0, 0.05) is 31.9 Å². The summed E-state index contributed by atoms with van der Waals surface area (Å²) in [4.78, 5) is 21.9. The second-order valence-electron chi connectivity index (χ2n) is 7.03. The number of carbonyl (C=O) groups is 1. The third-order valence-electron chi connectivity index (χ3n) is 5.25. The number of piperidine rings is 1. The first-order valence-corrected chi connectivity index (χ1v) is 9.12. The number of carbonyl (C=O) groups excluding carboxylic acids is 1. The van der Waals surface area contributed by atoms with Crippen LogP contribution in [0.3, 0.4) is 0 Å². The maximum Gasteiger partial charge on any atom is 0.228 e. The Balaban J connectivity index is 1.48. The molecular formula is C19H24N4O2. The lowest BCUT2D eigenvalue weighted by molar-refractivity contribution is -0.137. The highest BCUT2D eigenvalue weighted by Crippen LogP contribution is 2.35. The molecular weight excluding hydrogens is 316 g/mol. The van der Waals surface area contributed by atoms with E-state index >= 15 is 0 Å². The fourth-order valence-electron chi connectivity index (χ4n) is 4.03. The molecule has 1 amide bonds. The van der Waals surface area contributed by atoms with E-state index in [9.17, 15) is 4.79 Å². The van der Waals surface area contributed by atoms with Gasteiger partial charge in [0.25, 0.3) is 0 Å². The SMILES string of the molecule is Cc1cc([C@@H]2CCCN2C(=O)[C@H]2CCCN(c3ccccn3)C2)on1. The molecule has 0 radical (unpaired) electrons. The monoisotopic (exact) mass is 340 g/mol. The Bertz CT molecular complexity index is 730. The Morgan fingerprint density at radius 3 is 2.88 bits per heavy atom. The van der Waals surface area contributed by atoms with Gasteiger partial charge in [0.2, 0.25) is 5.91 Å². The zero-order chi connectivity index (χ0) is 17.2. The predicted octanol–water partition coefficient (Wildman–Crippen LogP) is 2.96. The Morgan fingerprint density at radius 1 is 1.24 bits per heavy atom. The van der Waals surface area contributed by atoms with Gasteiger partial charge in [-0.2, -0.15) is 0 Å². The molecule has 2 aromatic heterocycles. The maximum absolute atomic E-state index is 13.2. The number of aromatic nitrogens is 2. The first-order chi connectivity index (χ1) is 12.2. The first kappa shape index (κ1) is 16.1. The molecule has 2 atom stereocenters. The number of likely N-dealkylation sites (tertiary alicyclic amines) is 1. The van der Waals surface area contributed by atoms with Crippen LogP contribution in [0.5, 0.6) is 0 Å². The number of amides is 1. The Labute approximate surface area is 147 Å². The normalized spacial score (nSPS) is 23.9. The minimum Gasteiger partial charge on any atom is -0.359 e. The van der Waals surface area contributed by atoms with Crippen molar-refractivity contribution in [2.75, 3.05) is 24.5 Å². The lowest BCUT2D eigenvalue weighted by atomic mass is 9.96. The van der Waals surface area contributed by atoms with Crippen LogP contribution in [-0.2, 0) is 4.79 Å². The van der Waals surface area contributed by atoms with E-state index in [-0.39, 0.29) is 17.9 Å². The lowest BCUT2D eigenvalue weighted by Crippen LogP contribution is -2.45. The minimum atomic E-state index is 0.0281. The number of pyridine rings is 1. The van der Waals surface area contributed by atoms with Gasteiger partial charge >= 0.3 is 0 Å². The fourth-order valence-corrected chi connectivity index (χ4v) is 4.03. The molecule has 0 unspecified atom stereocenters. The molecule has 6 heteroatoms. The number of rotatable bonds is 3. The lowest BCUT2D eigenvalue weighted by Gasteiger charge is -2.35. The average molecular weight is 340 g/mol. The molecule has 25 heavy (non-hydrogen) atoms. The molecule has 0 aliphatic carbocycles. The van der Waals surface area contributed by atoms with Crippen LogP contribution in [0.25, 0.3) is 0 Å². The molecule has 0 aromatic carbocycles. The van der Waals surface area contributed by atoms with Crippen LogP contribution in [-0.4, -0.2) is 40.6 Å². The van der Waals surface area contributed by atoms with E-state index < -0.39 is 0 Å². The Morgan fingerprint density at radius 2 is 2.12 bits per heavy atom. The van der Waals surface area contributed by atoms with Gasteiger partial charge in [-0.25, -0.2) is 4.98 Å². The molecule has 0 N–H and O–H groups in total. The van der Waals surface area contributed by atoms with Gasteiger partial charge in [-0.05, 0) is 44.7 Å². The van der Waals surface area contributed by atoms with Crippen LogP contribution < -0.4 is 4.90 Å². The molecule has 2 fully saturated rings. The summed E-state index contributed by atoms with van der Waals surface area (Å²) in [5.41, 5.74) is 0.869. The van der Waals surface area contributed by atoms with Crippen molar-refractivity contribution in [3.8, 4) is 0 Å². The molecule has 0 saturated carbocycles. The van der Waals surface area contributed by atoms with Crippen molar-refractivity contribution in [3.63, 3.8) is 0 Å². The van der Waals surface area contributed by atoms with E-state index in [1.807, 2.05) is 42.3 Å². The van der Waals surface area contributed by atoms with Crippen molar-refractivity contribution < 1.29 is 9.32 Å². The van der Waals surface area contributed by atoms with E-state index in [2.05, 4.69) is 15.0 Å². The summed E-state index contributed by atoms with van der Waals surface area (Å²) in [6.07, 6.45) is 5.75. The van der Waals surface area contributed by atoms with E-state index in [0.717, 1.165) is 62.6 Å². The van der Waals surface area contributed by atoms with E-state index in [4.69, 9.17) is 4.52 Å². The van der Waals surface area contributed by atoms with Crippen LogP contribution in [0.4, 0.5) is 5.82 Å². The van der Waals surface area contributed by atoms with Gasteiger partial charge in [0.1, 0.15) is 5.82 Å². The summed E-state index contributed by atoms with van der Waals surface area (Å²) in [5.74, 6) is 2.06. The molecule has 0 bridgehead atoms. The van der Waals surface area contributed by atoms with Gasteiger partial charge in [-0.15, -0.1) is 0 Å². The molecule has 2 saturated heterocycles. The number of nitrogens with zero attached hydrogens (tertiary/aromatic N) is 4. The molecule has 4 heterocycles. The van der Waals surface area contributed by atoms with Crippen molar-refractivity contribution in [1.82, 2.24) is 15.0 Å². The topological polar surface area (TPSA) is 62.5 Å². The zero-order valence-corrected chi connectivity index (χ0v) is 14.6. The van der Waals surface area contributed by atoms with Gasteiger partial charge in [-0.1, -0.05) is 11.2 Å². The quantitative estimate of drug-likeness (QED) is 0.859. The predicted molar refractivity (Wildman–Crippen MR) is 94.1 cm³/mol.